The number of aromatic nitrogens is 5. The number of carbonyl (C=O) groups excluding carboxylic acids is 1. The quantitative estimate of drug-likeness (QED) is 0.875. The first-order valence-corrected chi connectivity index (χ1v) is 7.05. The van der Waals surface area contributed by atoms with Crippen LogP contribution in [0.4, 0.5) is 0 Å². The Balaban J connectivity index is 1.68. The number of carbonyl (C=O) groups is 1. The second-order valence-corrected chi connectivity index (χ2v) is 5.12. The molecule has 0 saturated carbocycles. The molecule has 0 unspecified atom stereocenters. The largest absolute Gasteiger partial charge is 0.479 e. The predicted octanol–water partition coefficient (Wildman–Crippen LogP) is 0.929. The van der Waals surface area contributed by atoms with Gasteiger partial charge in [-0.15, -0.1) is 15.3 Å². The number of aryl methyl sites for hydroxylation is 1. The molecule has 1 amide bonds. The molecule has 3 heterocycles. The zero-order valence-electron chi connectivity index (χ0n) is 11.5. The smallest absolute Gasteiger partial charge is 0.271 e. The molecule has 0 fully saturated rings. The Bertz CT molecular complexity index is 665. The first kappa shape index (κ1) is 13.9. The van der Waals surface area contributed by atoms with Crippen molar-refractivity contribution < 1.29 is 9.53 Å². The highest BCUT2D eigenvalue weighted by Crippen LogP contribution is 2.24. The lowest BCUT2D eigenvalue weighted by Crippen LogP contribution is -2.26. The summed E-state index contributed by atoms with van der Waals surface area (Å²) in [6.45, 7) is 1.19. The Morgan fingerprint density at radius 3 is 3.10 bits per heavy atom. The van der Waals surface area contributed by atoms with Crippen molar-refractivity contribution in [2.75, 3.05) is 7.11 Å². The molecule has 0 radical (unpaired) electrons. The number of nitrogens with one attached hydrogen (secondary N) is 2. The van der Waals surface area contributed by atoms with Gasteiger partial charge in [-0.3, -0.25) is 9.89 Å². The van der Waals surface area contributed by atoms with E-state index >= 15 is 0 Å². The van der Waals surface area contributed by atoms with Gasteiger partial charge >= 0.3 is 0 Å². The molecule has 0 spiro atoms. The van der Waals surface area contributed by atoms with Gasteiger partial charge < -0.3 is 14.6 Å². The van der Waals surface area contributed by atoms with Crippen LogP contribution in [0.3, 0.4) is 0 Å². The monoisotopic (exact) mass is 310 g/mol. The number of fused-ring (bicyclic) bond motifs is 1. The Morgan fingerprint density at radius 1 is 1.48 bits per heavy atom. The van der Waals surface area contributed by atoms with Gasteiger partial charge in [0.25, 0.3) is 11.8 Å². The SMILES string of the molecule is COc1n[nH]c(C(=O)NCc2nnc3n2CCCC3)c1Cl. The third-order valence-corrected chi connectivity index (χ3v) is 3.79. The number of ether oxygens (including phenoxy) is 1. The van der Waals surface area contributed by atoms with Gasteiger partial charge in [0.15, 0.2) is 5.82 Å². The lowest BCUT2D eigenvalue weighted by atomic mass is 10.2. The van der Waals surface area contributed by atoms with E-state index in [0.29, 0.717) is 6.54 Å². The van der Waals surface area contributed by atoms with Crippen LogP contribution in [0.1, 0.15) is 35.0 Å². The molecule has 2 aromatic heterocycles. The van der Waals surface area contributed by atoms with Gasteiger partial charge in [0.2, 0.25) is 0 Å². The van der Waals surface area contributed by atoms with Crippen LogP contribution >= 0.6 is 11.6 Å². The Labute approximate surface area is 125 Å². The average molecular weight is 311 g/mol. The van der Waals surface area contributed by atoms with Crippen LogP contribution in [0.15, 0.2) is 0 Å². The summed E-state index contributed by atoms with van der Waals surface area (Å²) in [7, 11) is 1.44. The summed E-state index contributed by atoms with van der Waals surface area (Å²) in [5, 5.41) is 17.5. The van der Waals surface area contributed by atoms with Crippen LogP contribution in [0, 0.1) is 0 Å². The maximum atomic E-state index is 12.1. The van der Waals surface area contributed by atoms with E-state index in [0.717, 1.165) is 37.5 Å². The molecule has 0 aromatic carbocycles. The number of rotatable bonds is 4. The summed E-state index contributed by atoms with van der Waals surface area (Å²) < 4.78 is 6.97. The van der Waals surface area contributed by atoms with E-state index in [1.54, 1.807) is 0 Å². The van der Waals surface area contributed by atoms with Gasteiger partial charge in [0, 0.05) is 13.0 Å². The Kier molecular flexibility index (Phi) is 3.78. The molecule has 0 bridgehead atoms. The number of amides is 1. The normalized spacial score (nSPS) is 13.8. The average Bonchev–Trinajstić information content (AvgIpc) is 3.08. The molecule has 0 atom stereocenters. The maximum Gasteiger partial charge on any atom is 0.271 e. The van der Waals surface area contributed by atoms with Crippen molar-refractivity contribution in [3.63, 3.8) is 0 Å². The molecule has 2 N–H and O–H groups in total. The molecular formula is C12H15ClN6O2. The van der Waals surface area contributed by atoms with Crippen LogP contribution in [-0.4, -0.2) is 38.0 Å². The molecule has 0 aliphatic carbocycles. The van der Waals surface area contributed by atoms with Gasteiger partial charge in [0.1, 0.15) is 16.5 Å². The fraction of sp³-hybridized carbons (Fsp3) is 0.500. The summed E-state index contributed by atoms with van der Waals surface area (Å²) in [6.07, 6.45) is 3.17. The highest BCUT2D eigenvalue weighted by Gasteiger charge is 2.20. The summed E-state index contributed by atoms with van der Waals surface area (Å²) in [4.78, 5) is 12.1. The van der Waals surface area contributed by atoms with E-state index in [-0.39, 0.29) is 22.5 Å². The van der Waals surface area contributed by atoms with E-state index in [2.05, 4.69) is 30.3 Å². The number of H-pyrrole nitrogens is 1. The Morgan fingerprint density at radius 2 is 2.33 bits per heavy atom. The van der Waals surface area contributed by atoms with Gasteiger partial charge in [0.05, 0.1) is 13.7 Å². The lowest BCUT2D eigenvalue weighted by Gasteiger charge is -2.14. The summed E-state index contributed by atoms with van der Waals surface area (Å²) in [6, 6.07) is 0. The standard InChI is InChI=1S/C12H15ClN6O2/c1-21-12-9(13)10(17-18-12)11(20)14-6-8-16-15-7-4-2-3-5-19(7)8/h2-6H2,1H3,(H,14,20)(H,17,18). The number of hydrogen-bond donors (Lipinski definition) is 2. The minimum Gasteiger partial charge on any atom is -0.479 e. The van der Waals surface area contributed by atoms with Crippen LogP contribution in [0.25, 0.3) is 0 Å². The van der Waals surface area contributed by atoms with Crippen molar-refractivity contribution in [2.45, 2.75) is 32.4 Å². The maximum absolute atomic E-state index is 12.1. The van der Waals surface area contributed by atoms with E-state index in [4.69, 9.17) is 16.3 Å². The molecule has 21 heavy (non-hydrogen) atoms. The summed E-state index contributed by atoms with van der Waals surface area (Å²) in [5.41, 5.74) is 0.173. The number of nitrogens with zero attached hydrogens (tertiary/aromatic N) is 4. The van der Waals surface area contributed by atoms with E-state index in [9.17, 15) is 4.79 Å². The van der Waals surface area contributed by atoms with Crippen LogP contribution in [-0.2, 0) is 19.5 Å². The lowest BCUT2D eigenvalue weighted by molar-refractivity contribution is 0.0944. The first-order valence-electron chi connectivity index (χ1n) is 6.67. The second-order valence-electron chi connectivity index (χ2n) is 4.75. The van der Waals surface area contributed by atoms with Crippen LogP contribution < -0.4 is 10.1 Å². The Hall–Kier alpha value is -2.09. The van der Waals surface area contributed by atoms with E-state index in [1.807, 2.05) is 0 Å². The first-order chi connectivity index (χ1) is 10.2. The minimum atomic E-state index is -0.357. The highest BCUT2D eigenvalue weighted by atomic mass is 35.5. The fourth-order valence-corrected chi connectivity index (χ4v) is 2.59. The van der Waals surface area contributed by atoms with E-state index in [1.165, 1.54) is 7.11 Å². The molecule has 0 saturated heterocycles. The van der Waals surface area contributed by atoms with Gasteiger partial charge in [-0.05, 0) is 12.8 Å². The number of methoxy groups -OCH3 is 1. The third-order valence-electron chi connectivity index (χ3n) is 3.44. The molecule has 1 aliphatic heterocycles. The van der Waals surface area contributed by atoms with Crippen molar-refractivity contribution in [3.8, 4) is 5.88 Å². The molecule has 1 aliphatic rings. The number of aromatic amines is 1. The van der Waals surface area contributed by atoms with Crippen LogP contribution in [0.2, 0.25) is 5.02 Å². The minimum absolute atomic E-state index is 0.165. The molecule has 112 valence electrons. The predicted molar refractivity (Wildman–Crippen MR) is 74.3 cm³/mol. The molecule has 3 rings (SSSR count). The zero-order valence-corrected chi connectivity index (χ0v) is 12.3. The second kappa shape index (κ2) is 5.72. The van der Waals surface area contributed by atoms with Crippen molar-refractivity contribution in [2.24, 2.45) is 0 Å². The molecule has 9 heteroatoms. The van der Waals surface area contributed by atoms with Gasteiger partial charge in [-0.2, -0.15) is 0 Å². The van der Waals surface area contributed by atoms with Crippen molar-refractivity contribution in [3.05, 3.63) is 22.4 Å². The van der Waals surface area contributed by atoms with Crippen molar-refractivity contribution in [1.82, 2.24) is 30.3 Å². The van der Waals surface area contributed by atoms with Crippen molar-refractivity contribution >= 4 is 17.5 Å². The van der Waals surface area contributed by atoms with Gasteiger partial charge in [-0.25, -0.2) is 0 Å². The fourth-order valence-electron chi connectivity index (χ4n) is 2.34. The van der Waals surface area contributed by atoms with Gasteiger partial charge in [-0.1, -0.05) is 11.6 Å². The van der Waals surface area contributed by atoms with Crippen molar-refractivity contribution in [1.29, 1.82) is 0 Å². The highest BCUT2D eigenvalue weighted by molar-refractivity contribution is 6.34. The van der Waals surface area contributed by atoms with E-state index < -0.39 is 0 Å². The molecule has 8 nitrogen and oxygen atoms in total. The number of halogens is 1. The summed E-state index contributed by atoms with van der Waals surface area (Å²) in [5.74, 6) is 1.57. The topological polar surface area (TPSA) is 97.7 Å². The zero-order chi connectivity index (χ0) is 14.8. The summed E-state index contributed by atoms with van der Waals surface area (Å²) >= 11 is 5.98. The van der Waals surface area contributed by atoms with Crippen LogP contribution in [0.5, 0.6) is 5.88 Å². The number of hydrogen-bond acceptors (Lipinski definition) is 5. The third kappa shape index (κ3) is 2.58. The molecular weight excluding hydrogens is 296 g/mol. The molecule has 2 aromatic rings.